The summed E-state index contributed by atoms with van der Waals surface area (Å²) < 4.78 is 52.5. The number of alkyl halides is 3. The minimum Gasteiger partial charge on any atom is -0.481 e. The third-order valence-corrected chi connectivity index (χ3v) is 3.81. The van der Waals surface area contributed by atoms with E-state index in [0.29, 0.717) is 0 Å². The number of carbonyl (C=O) groups is 1. The summed E-state index contributed by atoms with van der Waals surface area (Å²) in [5, 5.41) is 19.8. The van der Waals surface area contributed by atoms with Crippen LogP contribution in [0.3, 0.4) is 0 Å². The maximum absolute atomic E-state index is 13.8. The zero-order valence-corrected chi connectivity index (χ0v) is 11.6. The van der Waals surface area contributed by atoms with Crippen molar-refractivity contribution in [3.63, 3.8) is 0 Å². The fourth-order valence-corrected chi connectivity index (χ4v) is 2.69. The third-order valence-electron chi connectivity index (χ3n) is 3.81. The molecule has 1 fully saturated rings. The Morgan fingerprint density at radius 1 is 1.39 bits per heavy atom. The molecule has 0 unspecified atom stereocenters. The van der Waals surface area contributed by atoms with Crippen LogP contribution in [-0.2, 0) is 11.3 Å². The van der Waals surface area contributed by atoms with Gasteiger partial charge in [0.2, 0.25) is 0 Å². The van der Waals surface area contributed by atoms with Gasteiger partial charge in [0, 0.05) is 25.7 Å². The normalized spacial score (nSPS) is 22.3. The van der Waals surface area contributed by atoms with E-state index in [1.54, 1.807) is 0 Å². The molecule has 0 saturated carbocycles. The van der Waals surface area contributed by atoms with Gasteiger partial charge in [0.15, 0.2) is 0 Å². The van der Waals surface area contributed by atoms with E-state index in [2.05, 4.69) is 0 Å². The van der Waals surface area contributed by atoms with Gasteiger partial charge < -0.3 is 5.11 Å². The largest absolute Gasteiger partial charge is 0.481 e. The number of nitrogens with zero attached hydrogens (tertiary/aromatic N) is 2. The van der Waals surface area contributed by atoms with Crippen molar-refractivity contribution in [2.45, 2.75) is 12.7 Å². The van der Waals surface area contributed by atoms with Gasteiger partial charge in [-0.25, -0.2) is 4.39 Å². The molecule has 0 amide bonds. The van der Waals surface area contributed by atoms with Crippen LogP contribution in [0.25, 0.3) is 0 Å². The molecule has 10 heteroatoms. The Morgan fingerprint density at radius 2 is 2.04 bits per heavy atom. The van der Waals surface area contributed by atoms with Crippen molar-refractivity contribution < 1.29 is 32.4 Å². The van der Waals surface area contributed by atoms with E-state index in [1.807, 2.05) is 0 Å². The van der Waals surface area contributed by atoms with Gasteiger partial charge in [-0.05, 0) is 6.07 Å². The predicted octanol–water partition coefficient (Wildman–Crippen LogP) is 2.43. The summed E-state index contributed by atoms with van der Waals surface area (Å²) in [6.07, 6.45) is -4.71. The van der Waals surface area contributed by atoms with Crippen molar-refractivity contribution in [3.8, 4) is 0 Å². The Morgan fingerprint density at radius 3 is 2.52 bits per heavy atom. The van der Waals surface area contributed by atoms with Gasteiger partial charge in [-0.1, -0.05) is 6.07 Å². The second kappa shape index (κ2) is 6.11. The van der Waals surface area contributed by atoms with E-state index in [1.165, 1.54) is 0 Å². The standard InChI is InChI=1S/C13H12F4N2O4/c14-10-2-1-3-11(19(22)23)8(10)5-18-4-7(12(20)21)9(6-18)13(15,16)17/h1-3,7,9H,4-6H2,(H,20,21)/t7-,9-/m1/s1. The van der Waals surface area contributed by atoms with Crippen molar-refractivity contribution in [1.82, 2.24) is 4.90 Å². The highest BCUT2D eigenvalue weighted by Gasteiger charge is 2.52. The fourth-order valence-electron chi connectivity index (χ4n) is 2.69. The highest BCUT2D eigenvalue weighted by atomic mass is 19.4. The van der Waals surface area contributed by atoms with Gasteiger partial charge in [0.25, 0.3) is 5.69 Å². The van der Waals surface area contributed by atoms with Crippen LogP contribution in [0, 0.1) is 27.8 Å². The Labute approximate surface area is 127 Å². The average molecular weight is 336 g/mol. The third kappa shape index (κ3) is 3.58. The average Bonchev–Trinajstić information content (AvgIpc) is 2.85. The van der Waals surface area contributed by atoms with Crippen LogP contribution in [0.5, 0.6) is 0 Å². The number of benzene rings is 1. The van der Waals surface area contributed by atoms with Crippen molar-refractivity contribution >= 4 is 11.7 Å². The molecule has 1 saturated heterocycles. The Kier molecular flexibility index (Phi) is 4.55. The SMILES string of the molecule is O=C(O)[C@@H]1CN(Cc2c(F)cccc2[N+](=O)[O-])C[C@H]1C(F)(F)F. The van der Waals surface area contributed by atoms with E-state index in [-0.39, 0.29) is 5.56 Å². The number of halogens is 4. The lowest BCUT2D eigenvalue weighted by Gasteiger charge is -2.18. The van der Waals surface area contributed by atoms with Crippen molar-refractivity contribution in [1.29, 1.82) is 0 Å². The minimum absolute atomic E-state index is 0.357. The zero-order valence-electron chi connectivity index (χ0n) is 11.6. The van der Waals surface area contributed by atoms with Crippen LogP contribution in [0.4, 0.5) is 23.2 Å². The lowest BCUT2D eigenvalue weighted by atomic mass is 9.96. The molecule has 6 nitrogen and oxygen atoms in total. The molecule has 126 valence electrons. The number of carboxylic acid groups (broad SMARTS) is 1. The number of nitro groups is 1. The lowest BCUT2D eigenvalue weighted by Crippen LogP contribution is -2.33. The maximum Gasteiger partial charge on any atom is 0.393 e. The summed E-state index contributed by atoms with van der Waals surface area (Å²) in [6, 6.07) is 3.14. The van der Waals surface area contributed by atoms with Crippen molar-refractivity contribution in [2.24, 2.45) is 11.8 Å². The van der Waals surface area contributed by atoms with Crippen LogP contribution in [0.1, 0.15) is 5.56 Å². The molecule has 1 heterocycles. The van der Waals surface area contributed by atoms with E-state index < -0.39 is 60.0 Å². The lowest BCUT2D eigenvalue weighted by molar-refractivity contribution is -0.385. The number of likely N-dealkylation sites (tertiary alicyclic amines) is 1. The number of carboxylic acids is 1. The fraction of sp³-hybridized carbons (Fsp3) is 0.462. The molecule has 0 aliphatic carbocycles. The van der Waals surface area contributed by atoms with Crippen LogP contribution in [-0.4, -0.2) is 40.2 Å². The molecule has 0 aromatic heterocycles. The van der Waals surface area contributed by atoms with Crippen LogP contribution < -0.4 is 0 Å². The molecule has 1 aliphatic rings. The number of nitro benzene ring substituents is 1. The van der Waals surface area contributed by atoms with E-state index in [4.69, 9.17) is 5.11 Å². The molecule has 23 heavy (non-hydrogen) atoms. The first-order valence-corrected chi connectivity index (χ1v) is 6.55. The molecule has 0 radical (unpaired) electrons. The number of rotatable bonds is 4. The zero-order chi connectivity index (χ0) is 17.4. The Bertz CT molecular complexity index is 635. The number of hydrogen-bond donors (Lipinski definition) is 1. The maximum atomic E-state index is 13.8. The Balaban J connectivity index is 2.26. The van der Waals surface area contributed by atoms with Gasteiger partial charge in [0.05, 0.1) is 22.3 Å². The monoisotopic (exact) mass is 336 g/mol. The van der Waals surface area contributed by atoms with Gasteiger partial charge in [-0.15, -0.1) is 0 Å². The Hall–Kier alpha value is -2.23. The molecule has 2 atom stereocenters. The predicted molar refractivity (Wildman–Crippen MR) is 69.0 cm³/mol. The molecular formula is C13H12F4N2O4. The first-order valence-electron chi connectivity index (χ1n) is 6.55. The van der Waals surface area contributed by atoms with Gasteiger partial charge in [-0.2, -0.15) is 13.2 Å². The summed E-state index contributed by atoms with van der Waals surface area (Å²) in [4.78, 5) is 22.1. The van der Waals surface area contributed by atoms with Crippen LogP contribution in [0.15, 0.2) is 18.2 Å². The summed E-state index contributed by atoms with van der Waals surface area (Å²) in [5.41, 5.74) is -0.906. The van der Waals surface area contributed by atoms with Crippen LogP contribution >= 0.6 is 0 Å². The second-order valence-electron chi connectivity index (χ2n) is 5.28. The van der Waals surface area contributed by atoms with Crippen molar-refractivity contribution in [2.75, 3.05) is 13.1 Å². The second-order valence-corrected chi connectivity index (χ2v) is 5.28. The molecule has 1 aromatic rings. The molecule has 2 rings (SSSR count). The van der Waals surface area contributed by atoms with E-state index >= 15 is 0 Å². The molecular weight excluding hydrogens is 324 g/mol. The first-order chi connectivity index (χ1) is 10.6. The molecule has 0 bridgehead atoms. The summed E-state index contributed by atoms with van der Waals surface area (Å²) in [7, 11) is 0. The van der Waals surface area contributed by atoms with E-state index in [9.17, 15) is 32.5 Å². The quantitative estimate of drug-likeness (QED) is 0.519. The molecule has 0 spiro atoms. The summed E-state index contributed by atoms with van der Waals surface area (Å²) >= 11 is 0. The topological polar surface area (TPSA) is 83.7 Å². The smallest absolute Gasteiger partial charge is 0.393 e. The van der Waals surface area contributed by atoms with Gasteiger partial charge >= 0.3 is 12.1 Å². The van der Waals surface area contributed by atoms with Crippen molar-refractivity contribution in [3.05, 3.63) is 39.7 Å². The van der Waals surface area contributed by atoms with Gasteiger partial charge in [0.1, 0.15) is 5.82 Å². The molecule has 1 aromatic carbocycles. The van der Waals surface area contributed by atoms with Crippen LogP contribution in [0.2, 0.25) is 0 Å². The van der Waals surface area contributed by atoms with Gasteiger partial charge in [-0.3, -0.25) is 19.8 Å². The van der Waals surface area contributed by atoms with E-state index in [0.717, 1.165) is 23.1 Å². The number of hydrogen-bond acceptors (Lipinski definition) is 4. The molecule has 1 N–H and O–H groups in total. The minimum atomic E-state index is -4.71. The summed E-state index contributed by atoms with van der Waals surface area (Å²) in [6.45, 7) is -1.56. The summed E-state index contributed by atoms with van der Waals surface area (Å²) in [5.74, 6) is -6.29. The first kappa shape index (κ1) is 17.1. The number of aliphatic carboxylic acids is 1. The molecule has 1 aliphatic heterocycles. The highest BCUT2D eigenvalue weighted by Crippen LogP contribution is 2.38. The highest BCUT2D eigenvalue weighted by molar-refractivity contribution is 5.71.